The van der Waals surface area contributed by atoms with Gasteiger partial charge in [0.25, 0.3) is 11.1 Å². The number of carbonyl (C=O) groups is 1. The summed E-state index contributed by atoms with van der Waals surface area (Å²) in [5.74, 6) is -1.56. The lowest BCUT2D eigenvalue weighted by molar-refractivity contribution is 0.0595. The number of amides is 1. The highest BCUT2D eigenvalue weighted by Gasteiger charge is 2.27. The zero-order chi connectivity index (χ0) is 25.9. The molecular weight excluding hydrogens is 508 g/mol. The van der Waals surface area contributed by atoms with Crippen molar-refractivity contribution in [2.45, 2.75) is 50.5 Å². The molecule has 1 aliphatic heterocycles. The number of carbonyl (C=O) groups excluding carboxylic acids is 1. The van der Waals surface area contributed by atoms with E-state index in [0.717, 1.165) is 30.2 Å². The molecule has 7 nitrogen and oxygen atoms in total. The van der Waals surface area contributed by atoms with E-state index in [1.807, 2.05) is 13.8 Å². The van der Waals surface area contributed by atoms with E-state index in [1.165, 1.54) is 22.5 Å². The lowest BCUT2D eigenvalue weighted by atomic mass is 10.1. The van der Waals surface area contributed by atoms with Gasteiger partial charge in [-0.05, 0) is 36.8 Å². The van der Waals surface area contributed by atoms with Crippen LogP contribution in [0.5, 0.6) is 5.19 Å². The number of nitrogens with zero attached hydrogens (tertiary/aromatic N) is 3. The number of unbranched alkanes of at least 4 members (excludes halogenated alkanes) is 1. The van der Waals surface area contributed by atoms with Gasteiger partial charge in [-0.15, -0.1) is 0 Å². The van der Waals surface area contributed by atoms with Crippen LogP contribution in [0.2, 0.25) is 0 Å². The molecular formula is C25H29F2N3O4S2. The van der Waals surface area contributed by atoms with E-state index in [-0.39, 0.29) is 27.6 Å². The first-order valence-electron chi connectivity index (χ1n) is 12.0. The zero-order valence-corrected chi connectivity index (χ0v) is 21.9. The van der Waals surface area contributed by atoms with Crippen LogP contribution in [0.25, 0.3) is 10.2 Å². The monoisotopic (exact) mass is 537 g/mol. The van der Waals surface area contributed by atoms with Crippen molar-refractivity contribution in [3.05, 3.63) is 53.6 Å². The van der Waals surface area contributed by atoms with Crippen molar-refractivity contribution in [2.24, 2.45) is 0 Å². The molecule has 1 amide bonds. The number of benzene rings is 2. The second kappa shape index (κ2) is 11.2. The van der Waals surface area contributed by atoms with E-state index in [2.05, 4.69) is 4.98 Å². The Hall–Kier alpha value is -2.63. The first kappa shape index (κ1) is 26.4. The summed E-state index contributed by atoms with van der Waals surface area (Å²) >= 11 is 1.09. The van der Waals surface area contributed by atoms with Crippen LogP contribution in [0.15, 0.2) is 41.3 Å². The van der Waals surface area contributed by atoms with Crippen LogP contribution in [-0.2, 0) is 10.0 Å². The van der Waals surface area contributed by atoms with Gasteiger partial charge in [0.2, 0.25) is 10.0 Å². The smallest absolute Gasteiger partial charge is 0.274 e. The van der Waals surface area contributed by atoms with Crippen molar-refractivity contribution in [3.63, 3.8) is 0 Å². The quantitative estimate of drug-likeness (QED) is 0.381. The molecule has 2 aromatic carbocycles. The SMILES string of the molecule is CCCCN(CC)S(=O)(=O)c1ccc(C(=O)N2CCC(Oc3nc4c(F)cc(F)cc4s3)CC2)cc1. The maximum absolute atomic E-state index is 13.9. The average molecular weight is 538 g/mol. The fourth-order valence-electron chi connectivity index (χ4n) is 4.19. The zero-order valence-electron chi connectivity index (χ0n) is 20.2. The van der Waals surface area contributed by atoms with Crippen LogP contribution >= 0.6 is 11.3 Å². The normalized spacial score (nSPS) is 15.1. The van der Waals surface area contributed by atoms with E-state index in [9.17, 15) is 22.0 Å². The molecule has 1 saturated heterocycles. The van der Waals surface area contributed by atoms with Gasteiger partial charge >= 0.3 is 0 Å². The van der Waals surface area contributed by atoms with Crippen LogP contribution in [0.4, 0.5) is 8.78 Å². The lowest BCUT2D eigenvalue weighted by Gasteiger charge is -2.31. The molecule has 11 heteroatoms. The van der Waals surface area contributed by atoms with Gasteiger partial charge in [0, 0.05) is 50.7 Å². The molecule has 0 radical (unpaired) electrons. The minimum atomic E-state index is -3.60. The highest BCUT2D eigenvalue weighted by Crippen LogP contribution is 2.32. The van der Waals surface area contributed by atoms with Crippen molar-refractivity contribution < 1.29 is 26.7 Å². The van der Waals surface area contributed by atoms with Crippen LogP contribution in [0, 0.1) is 11.6 Å². The molecule has 36 heavy (non-hydrogen) atoms. The molecule has 0 unspecified atom stereocenters. The van der Waals surface area contributed by atoms with Gasteiger partial charge in [0.1, 0.15) is 17.4 Å². The number of ether oxygens (including phenoxy) is 1. The van der Waals surface area contributed by atoms with Crippen LogP contribution < -0.4 is 4.74 Å². The molecule has 1 aliphatic rings. The Kier molecular flexibility index (Phi) is 8.21. The number of fused-ring (bicyclic) bond motifs is 1. The first-order chi connectivity index (χ1) is 17.2. The molecule has 0 atom stereocenters. The fraction of sp³-hybridized carbons (Fsp3) is 0.440. The van der Waals surface area contributed by atoms with Gasteiger partial charge in [-0.1, -0.05) is 31.6 Å². The number of hydrogen-bond donors (Lipinski definition) is 0. The molecule has 0 N–H and O–H groups in total. The highest BCUT2D eigenvalue weighted by atomic mass is 32.2. The standard InChI is InChI=1S/C25H29F2N3O4S2/c1-3-5-12-30(4-2)36(32,33)20-8-6-17(7-9-20)24(31)29-13-10-19(11-14-29)34-25-28-23-21(27)15-18(26)16-22(23)35-25/h6-9,15-16,19H,3-5,10-14H2,1-2H3. The molecule has 0 spiro atoms. The van der Waals surface area contributed by atoms with Crippen molar-refractivity contribution in [1.82, 2.24) is 14.2 Å². The fourth-order valence-corrected chi connectivity index (χ4v) is 6.60. The molecule has 0 aliphatic carbocycles. The highest BCUT2D eigenvalue weighted by molar-refractivity contribution is 7.89. The van der Waals surface area contributed by atoms with E-state index in [0.29, 0.717) is 49.3 Å². The number of aromatic nitrogens is 1. The minimum Gasteiger partial charge on any atom is -0.467 e. The van der Waals surface area contributed by atoms with Crippen molar-refractivity contribution >= 4 is 37.5 Å². The van der Waals surface area contributed by atoms with Gasteiger partial charge in [-0.2, -0.15) is 9.29 Å². The van der Waals surface area contributed by atoms with Gasteiger partial charge in [0.15, 0.2) is 5.82 Å². The molecule has 1 fully saturated rings. The second-order valence-corrected chi connectivity index (χ2v) is 11.6. The van der Waals surface area contributed by atoms with Gasteiger partial charge in [-0.3, -0.25) is 4.79 Å². The maximum Gasteiger partial charge on any atom is 0.274 e. The Balaban J connectivity index is 1.35. The van der Waals surface area contributed by atoms with Crippen LogP contribution in [-0.4, -0.2) is 60.8 Å². The molecule has 0 saturated carbocycles. The number of sulfonamides is 1. The van der Waals surface area contributed by atoms with E-state index >= 15 is 0 Å². The summed E-state index contributed by atoms with van der Waals surface area (Å²) in [6.45, 7) is 5.60. The third-order valence-electron chi connectivity index (χ3n) is 6.24. The molecule has 4 rings (SSSR count). The summed E-state index contributed by atoms with van der Waals surface area (Å²) in [6, 6.07) is 8.11. The summed E-state index contributed by atoms with van der Waals surface area (Å²) < 4.78 is 60.9. The Morgan fingerprint density at radius 3 is 2.50 bits per heavy atom. The number of halogens is 2. The predicted octanol–water partition coefficient (Wildman–Crippen LogP) is 5.07. The lowest BCUT2D eigenvalue weighted by Crippen LogP contribution is -2.41. The van der Waals surface area contributed by atoms with Crippen molar-refractivity contribution in [3.8, 4) is 5.19 Å². The van der Waals surface area contributed by atoms with E-state index < -0.39 is 21.7 Å². The Morgan fingerprint density at radius 1 is 1.17 bits per heavy atom. The Labute approximate surface area is 213 Å². The van der Waals surface area contributed by atoms with E-state index in [1.54, 1.807) is 17.0 Å². The van der Waals surface area contributed by atoms with Crippen molar-refractivity contribution in [2.75, 3.05) is 26.2 Å². The third-order valence-corrected chi connectivity index (χ3v) is 9.12. The number of thiazole rings is 1. The summed E-state index contributed by atoms with van der Waals surface area (Å²) in [7, 11) is -3.60. The Morgan fingerprint density at radius 2 is 1.86 bits per heavy atom. The molecule has 1 aromatic heterocycles. The molecule has 2 heterocycles. The molecule has 194 valence electrons. The second-order valence-electron chi connectivity index (χ2n) is 8.70. The number of rotatable bonds is 9. The van der Waals surface area contributed by atoms with E-state index in [4.69, 9.17) is 4.74 Å². The average Bonchev–Trinajstić information content (AvgIpc) is 3.27. The third kappa shape index (κ3) is 5.68. The Bertz CT molecular complexity index is 1320. The van der Waals surface area contributed by atoms with Gasteiger partial charge in [-0.25, -0.2) is 17.2 Å². The van der Waals surface area contributed by atoms with Gasteiger partial charge in [0.05, 0.1) is 9.60 Å². The topological polar surface area (TPSA) is 79.8 Å². The summed E-state index contributed by atoms with van der Waals surface area (Å²) in [6.07, 6.45) is 2.62. The van der Waals surface area contributed by atoms with Gasteiger partial charge < -0.3 is 9.64 Å². The van der Waals surface area contributed by atoms with Crippen molar-refractivity contribution in [1.29, 1.82) is 0 Å². The molecule has 0 bridgehead atoms. The summed E-state index contributed by atoms with van der Waals surface area (Å²) in [5, 5.41) is 0.274. The summed E-state index contributed by atoms with van der Waals surface area (Å²) in [5.41, 5.74) is 0.510. The largest absolute Gasteiger partial charge is 0.467 e. The number of likely N-dealkylation sites (tertiary alicyclic amines) is 1. The maximum atomic E-state index is 13.9. The van der Waals surface area contributed by atoms with Crippen LogP contribution in [0.3, 0.4) is 0 Å². The number of hydrogen-bond acceptors (Lipinski definition) is 6. The first-order valence-corrected chi connectivity index (χ1v) is 14.3. The number of piperidine rings is 1. The molecule has 3 aromatic rings. The predicted molar refractivity (Wildman–Crippen MR) is 135 cm³/mol. The summed E-state index contributed by atoms with van der Waals surface area (Å²) in [4.78, 5) is 19.0. The van der Waals surface area contributed by atoms with Crippen LogP contribution in [0.1, 0.15) is 49.9 Å². The minimum absolute atomic E-state index is 0.0851.